The zero-order chi connectivity index (χ0) is 18.8. The number of carbonyl (C=O) groups is 2. The van der Waals surface area contributed by atoms with Crippen molar-refractivity contribution in [3.8, 4) is 0 Å². The fraction of sp³-hybridized carbons (Fsp3) is 0.150. The van der Waals surface area contributed by atoms with E-state index in [1.807, 2.05) is 6.92 Å². The molecule has 6 heteroatoms. The lowest BCUT2D eigenvalue weighted by molar-refractivity contribution is 0.0519. The summed E-state index contributed by atoms with van der Waals surface area (Å²) in [5.74, 6) is -1.32. The third-order valence-corrected chi connectivity index (χ3v) is 4.38. The maximum Gasteiger partial charge on any atom is 0.351 e. The van der Waals surface area contributed by atoms with Crippen molar-refractivity contribution in [1.29, 1.82) is 0 Å². The van der Waals surface area contributed by atoms with Crippen LogP contribution in [0.15, 0.2) is 56.1 Å². The first kappa shape index (κ1) is 18.1. The minimum absolute atomic E-state index is 0.0140. The van der Waals surface area contributed by atoms with Crippen molar-refractivity contribution in [2.24, 2.45) is 0 Å². The Hall–Kier alpha value is -2.73. The molecule has 26 heavy (non-hydrogen) atoms. The van der Waals surface area contributed by atoms with Gasteiger partial charge in [-0.2, -0.15) is 0 Å². The maximum absolute atomic E-state index is 13.2. The summed E-state index contributed by atoms with van der Waals surface area (Å²) in [7, 11) is 0. The molecule has 0 unspecified atom stereocenters. The van der Waals surface area contributed by atoms with Crippen LogP contribution < -0.4 is 5.63 Å². The minimum Gasteiger partial charge on any atom is -0.462 e. The number of hydrogen-bond acceptors (Lipinski definition) is 5. The van der Waals surface area contributed by atoms with E-state index in [0.29, 0.717) is 15.4 Å². The molecule has 5 nitrogen and oxygen atoms in total. The normalized spacial score (nSPS) is 10.7. The highest BCUT2D eigenvalue weighted by Gasteiger charge is 2.27. The molecule has 0 N–H and O–H groups in total. The van der Waals surface area contributed by atoms with Gasteiger partial charge >= 0.3 is 11.6 Å². The summed E-state index contributed by atoms with van der Waals surface area (Å²) in [6, 6.07) is 11.8. The van der Waals surface area contributed by atoms with Crippen LogP contribution in [-0.4, -0.2) is 18.4 Å². The Balaban J connectivity index is 2.35. The van der Waals surface area contributed by atoms with Crippen molar-refractivity contribution in [3.05, 3.63) is 79.6 Å². The molecule has 2 aromatic carbocycles. The number of ether oxygens (including phenoxy) is 1. The van der Waals surface area contributed by atoms with Crippen LogP contribution in [-0.2, 0) is 4.74 Å². The van der Waals surface area contributed by atoms with Gasteiger partial charge in [-0.3, -0.25) is 4.79 Å². The van der Waals surface area contributed by atoms with E-state index in [1.54, 1.807) is 49.4 Å². The van der Waals surface area contributed by atoms with Crippen LogP contribution in [0.1, 0.15) is 38.8 Å². The van der Waals surface area contributed by atoms with E-state index < -0.39 is 17.4 Å². The van der Waals surface area contributed by atoms with E-state index in [1.165, 1.54) is 0 Å². The summed E-state index contributed by atoms with van der Waals surface area (Å²) in [4.78, 5) is 37.9. The van der Waals surface area contributed by atoms with Gasteiger partial charge in [0.15, 0.2) is 11.3 Å². The first-order valence-electron chi connectivity index (χ1n) is 7.97. The molecule has 1 aromatic heterocycles. The molecule has 0 aliphatic carbocycles. The lowest BCUT2D eigenvalue weighted by Crippen LogP contribution is -2.22. The highest BCUT2D eigenvalue weighted by atomic mass is 79.9. The first-order chi connectivity index (χ1) is 12.4. The van der Waals surface area contributed by atoms with E-state index in [2.05, 4.69) is 15.9 Å². The van der Waals surface area contributed by atoms with Crippen molar-refractivity contribution >= 4 is 38.7 Å². The summed E-state index contributed by atoms with van der Waals surface area (Å²) in [6.45, 7) is 3.60. The van der Waals surface area contributed by atoms with Crippen LogP contribution in [0.25, 0.3) is 11.0 Å². The average Bonchev–Trinajstić information content (AvgIpc) is 2.61. The Kier molecular flexibility index (Phi) is 5.04. The highest BCUT2D eigenvalue weighted by Crippen LogP contribution is 2.27. The fourth-order valence-corrected chi connectivity index (χ4v) is 3.01. The summed E-state index contributed by atoms with van der Waals surface area (Å²) in [5, 5.41) is 0.368. The second-order valence-electron chi connectivity index (χ2n) is 5.70. The second kappa shape index (κ2) is 7.25. The number of hydrogen-bond donors (Lipinski definition) is 0. The number of rotatable bonds is 4. The lowest BCUT2D eigenvalue weighted by atomic mass is 9.95. The Labute approximate surface area is 157 Å². The predicted octanol–water partition coefficient (Wildman–Crippen LogP) is 4.27. The molecule has 0 radical (unpaired) electrons. The SMILES string of the molecule is CCOC(=O)c1c(C(=O)c2ccc(C)cc2)c2cc(Br)ccc2oc1=O. The van der Waals surface area contributed by atoms with Crippen molar-refractivity contribution in [2.75, 3.05) is 6.61 Å². The molecule has 1 heterocycles. The molecule has 0 aliphatic heterocycles. The molecule has 3 rings (SSSR count). The zero-order valence-corrected chi connectivity index (χ0v) is 15.8. The lowest BCUT2D eigenvalue weighted by Gasteiger charge is -2.11. The fourth-order valence-electron chi connectivity index (χ4n) is 2.65. The summed E-state index contributed by atoms with van der Waals surface area (Å²) in [6.07, 6.45) is 0. The number of benzene rings is 2. The average molecular weight is 415 g/mol. The van der Waals surface area contributed by atoms with E-state index in [0.717, 1.165) is 5.56 Å². The Morgan fingerprint density at radius 1 is 1.08 bits per heavy atom. The quantitative estimate of drug-likeness (QED) is 0.362. The zero-order valence-electron chi connectivity index (χ0n) is 14.2. The van der Waals surface area contributed by atoms with Crippen molar-refractivity contribution < 1.29 is 18.7 Å². The van der Waals surface area contributed by atoms with Gasteiger partial charge in [0.05, 0.1) is 12.2 Å². The number of carbonyl (C=O) groups excluding carboxylic acids is 2. The topological polar surface area (TPSA) is 73.6 Å². The van der Waals surface area contributed by atoms with Crippen LogP contribution in [0.3, 0.4) is 0 Å². The van der Waals surface area contributed by atoms with Crippen molar-refractivity contribution in [1.82, 2.24) is 0 Å². The van der Waals surface area contributed by atoms with Gasteiger partial charge in [0.25, 0.3) is 0 Å². The van der Waals surface area contributed by atoms with Gasteiger partial charge in [-0.25, -0.2) is 9.59 Å². The molecule has 0 bridgehead atoms. The smallest absolute Gasteiger partial charge is 0.351 e. The third-order valence-electron chi connectivity index (χ3n) is 3.89. The maximum atomic E-state index is 13.2. The summed E-state index contributed by atoms with van der Waals surface area (Å²) in [5.41, 5.74) is 0.290. The van der Waals surface area contributed by atoms with Crippen molar-refractivity contribution in [3.63, 3.8) is 0 Å². The molecule has 0 fully saturated rings. The monoisotopic (exact) mass is 414 g/mol. The van der Waals surface area contributed by atoms with Gasteiger partial charge in [0, 0.05) is 15.4 Å². The number of esters is 1. The van der Waals surface area contributed by atoms with Gasteiger partial charge in [0.2, 0.25) is 0 Å². The molecule has 0 aliphatic rings. The van der Waals surface area contributed by atoms with Gasteiger partial charge in [0.1, 0.15) is 5.58 Å². The highest BCUT2D eigenvalue weighted by molar-refractivity contribution is 9.10. The molecular formula is C20H15BrO5. The van der Waals surface area contributed by atoms with Gasteiger partial charge in [-0.1, -0.05) is 45.8 Å². The van der Waals surface area contributed by atoms with Gasteiger partial charge in [-0.15, -0.1) is 0 Å². The van der Waals surface area contributed by atoms with Crippen LogP contribution in [0.2, 0.25) is 0 Å². The molecule has 0 saturated carbocycles. The summed E-state index contributed by atoms with van der Waals surface area (Å²) < 4.78 is 10.9. The van der Waals surface area contributed by atoms with Crippen LogP contribution >= 0.6 is 15.9 Å². The second-order valence-corrected chi connectivity index (χ2v) is 6.61. The molecular weight excluding hydrogens is 400 g/mol. The number of ketones is 1. The number of aryl methyl sites for hydroxylation is 1. The van der Waals surface area contributed by atoms with E-state index in [-0.39, 0.29) is 23.3 Å². The van der Waals surface area contributed by atoms with E-state index in [9.17, 15) is 14.4 Å². The first-order valence-corrected chi connectivity index (χ1v) is 8.76. The van der Waals surface area contributed by atoms with Crippen LogP contribution in [0.5, 0.6) is 0 Å². The molecule has 0 saturated heterocycles. The third kappa shape index (κ3) is 3.32. The summed E-state index contributed by atoms with van der Waals surface area (Å²) >= 11 is 3.35. The molecule has 132 valence electrons. The van der Waals surface area contributed by atoms with Crippen LogP contribution in [0, 0.1) is 6.92 Å². The number of fused-ring (bicyclic) bond motifs is 1. The van der Waals surface area contributed by atoms with E-state index >= 15 is 0 Å². The molecule has 3 aromatic rings. The Morgan fingerprint density at radius 3 is 2.42 bits per heavy atom. The molecule has 0 amide bonds. The Morgan fingerprint density at radius 2 is 1.77 bits per heavy atom. The molecule has 0 atom stereocenters. The molecule has 0 spiro atoms. The minimum atomic E-state index is -0.895. The van der Waals surface area contributed by atoms with Crippen LogP contribution in [0.4, 0.5) is 0 Å². The Bertz CT molecular complexity index is 1060. The van der Waals surface area contributed by atoms with Gasteiger partial charge in [-0.05, 0) is 32.0 Å². The standard InChI is InChI=1S/C20H15BrO5/c1-3-25-19(23)17-16(18(22)12-6-4-11(2)5-7-12)14-10-13(21)8-9-15(14)26-20(17)24/h4-10H,3H2,1-2H3. The predicted molar refractivity (Wildman–Crippen MR) is 101 cm³/mol. The number of halogens is 1. The van der Waals surface area contributed by atoms with E-state index in [4.69, 9.17) is 9.15 Å². The largest absolute Gasteiger partial charge is 0.462 e. The van der Waals surface area contributed by atoms with Gasteiger partial charge < -0.3 is 9.15 Å². The van der Waals surface area contributed by atoms with Crippen molar-refractivity contribution in [2.45, 2.75) is 13.8 Å².